The van der Waals surface area contributed by atoms with E-state index in [2.05, 4.69) is 5.32 Å². The predicted octanol–water partition coefficient (Wildman–Crippen LogP) is 2.05. The summed E-state index contributed by atoms with van der Waals surface area (Å²) in [5, 5.41) is 3.02. The van der Waals surface area contributed by atoms with Gasteiger partial charge >= 0.3 is 0 Å². The molecule has 0 aromatic carbocycles. The second-order valence-corrected chi connectivity index (χ2v) is 6.98. The van der Waals surface area contributed by atoms with Crippen molar-refractivity contribution < 1.29 is 13.6 Å². The fraction of sp³-hybridized carbons (Fsp3) is 0.929. The van der Waals surface area contributed by atoms with Crippen molar-refractivity contribution in [3.8, 4) is 0 Å². The molecule has 3 saturated carbocycles. The van der Waals surface area contributed by atoms with E-state index in [9.17, 15) is 13.6 Å². The van der Waals surface area contributed by atoms with Gasteiger partial charge in [0, 0.05) is 30.3 Å². The van der Waals surface area contributed by atoms with Crippen LogP contribution < -0.4 is 11.1 Å². The van der Waals surface area contributed by atoms with E-state index >= 15 is 0 Å². The molecule has 19 heavy (non-hydrogen) atoms. The maximum Gasteiger partial charge on any atom is 0.248 e. The molecule has 3 nitrogen and oxygen atoms in total. The van der Waals surface area contributed by atoms with Crippen molar-refractivity contribution in [2.24, 2.45) is 23.5 Å². The maximum absolute atomic E-state index is 13.2. The molecule has 108 valence electrons. The van der Waals surface area contributed by atoms with Gasteiger partial charge in [-0.15, -0.1) is 0 Å². The van der Waals surface area contributed by atoms with E-state index in [1.807, 2.05) is 6.92 Å². The van der Waals surface area contributed by atoms with Crippen LogP contribution in [0.5, 0.6) is 0 Å². The smallest absolute Gasteiger partial charge is 0.248 e. The van der Waals surface area contributed by atoms with Gasteiger partial charge < -0.3 is 11.1 Å². The summed E-state index contributed by atoms with van der Waals surface area (Å²) in [5.41, 5.74) is 5.51. The van der Waals surface area contributed by atoms with E-state index < -0.39 is 11.5 Å². The Morgan fingerprint density at radius 3 is 2.26 bits per heavy atom. The normalized spacial score (nSPS) is 42.5. The summed E-state index contributed by atoms with van der Waals surface area (Å²) < 4.78 is 26.4. The maximum atomic E-state index is 13.2. The van der Waals surface area contributed by atoms with Crippen LogP contribution in [0, 0.1) is 17.8 Å². The lowest BCUT2D eigenvalue weighted by molar-refractivity contribution is -0.129. The Hall–Kier alpha value is -0.710. The van der Waals surface area contributed by atoms with E-state index in [0.29, 0.717) is 24.7 Å². The number of nitrogens with two attached hydrogens (primary N) is 1. The SMILES string of the molecule is CC1(NC(=O)[C@@H]2C[C@H](N)[C@H]3C[C@H]32)CCC(F)(F)CC1. The predicted molar refractivity (Wildman–Crippen MR) is 67.6 cm³/mol. The Labute approximate surface area is 112 Å². The summed E-state index contributed by atoms with van der Waals surface area (Å²) in [5.74, 6) is -1.53. The molecule has 0 radical (unpaired) electrons. The van der Waals surface area contributed by atoms with Crippen molar-refractivity contribution >= 4 is 5.91 Å². The first-order chi connectivity index (χ1) is 8.80. The van der Waals surface area contributed by atoms with E-state index in [-0.39, 0.29) is 30.7 Å². The van der Waals surface area contributed by atoms with Gasteiger partial charge in [0.2, 0.25) is 11.8 Å². The summed E-state index contributed by atoms with van der Waals surface area (Å²) in [6.45, 7) is 1.89. The van der Waals surface area contributed by atoms with E-state index in [1.54, 1.807) is 0 Å². The summed E-state index contributed by atoms with van der Waals surface area (Å²) in [6, 6.07) is 0.157. The Balaban J connectivity index is 1.58. The summed E-state index contributed by atoms with van der Waals surface area (Å²) in [4.78, 5) is 12.3. The first kappa shape index (κ1) is 13.3. The first-order valence-electron chi connectivity index (χ1n) is 7.25. The zero-order chi connectivity index (χ0) is 13.8. The van der Waals surface area contributed by atoms with Crippen LogP contribution in [0.15, 0.2) is 0 Å². The molecule has 5 heteroatoms. The standard InChI is InChI=1S/C14H22F2N2O/c1-13(2-4-14(15,16)5-3-13)18-12(19)10-7-11(17)9-6-8(9)10/h8-11H,2-7,17H2,1H3,(H,18,19)/t8-,9+,10-,11+/m1/s1. The second-order valence-electron chi connectivity index (χ2n) is 6.98. The van der Waals surface area contributed by atoms with Crippen molar-refractivity contribution in [1.82, 2.24) is 5.32 Å². The molecule has 3 N–H and O–H groups in total. The number of nitrogens with one attached hydrogen (secondary N) is 1. The Kier molecular flexibility index (Phi) is 2.89. The fourth-order valence-electron chi connectivity index (χ4n) is 3.82. The molecule has 4 atom stereocenters. The molecular weight excluding hydrogens is 250 g/mol. The third-order valence-electron chi connectivity index (χ3n) is 5.33. The van der Waals surface area contributed by atoms with Crippen molar-refractivity contribution in [1.29, 1.82) is 0 Å². The van der Waals surface area contributed by atoms with Gasteiger partial charge in [-0.1, -0.05) is 0 Å². The Morgan fingerprint density at radius 2 is 1.79 bits per heavy atom. The van der Waals surface area contributed by atoms with Crippen molar-refractivity contribution in [2.45, 2.75) is 63.0 Å². The summed E-state index contributed by atoms with van der Waals surface area (Å²) in [7, 11) is 0. The minimum absolute atomic E-state index is 0.0132. The fourth-order valence-corrected chi connectivity index (χ4v) is 3.82. The summed E-state index contributed by atoms with van der Waals surface area (Å²) in [6.07, 6.45) is 2.29. The highest BCUT2D eigenvalue weighted by molar-refractivity contribution is 5.80. The number of hydrogen-bond donors (Lipinski definition) is 2. The molecule has 0 aliphatic heterocycles. The molecule has 0 bridgehead atoms. The van der Waals surface area contributed by atoms with Crippen LogP contribution >= 0.6 is 0 Å². The van der Waals surface area contributed by atoms with Gasteiger partial charge in [-0.3, -0.25) is 4.79 Å². The number of alkyl halides is 2. The number of fused-ring (bicyclic) bond motifs is 1. The lowest BCUT2D eigenvalue weighted by Gasteiger charge is -2.38. The van der Waals surface area contributed by atoms with Crippen molar-refractivity contribution in [3.05, 3.63) is 0 Å². The van der Waals surface area contributed by atoms with Gasteiger partial charge in [-0.2, -0.15) is 0 Å². The average molecular weight is 272 g/mol. The molecule has 0 heterocycles. The van der Waals surface area contributed by atoms with Gasteiger partial charge in [0.15, 0.2) is 0 Å². The third kappa shape index (κ3) is 2.49. The minimum Gasteiger partial charge on any atom is -0.351 e. The second kappa shape index (κ2) is 4.14. The van der Waals surface area contributed by atoms with Crippen LogP contribution in [-0.4, -0.2) is 23.4 Å². The van der Waals surface area contributed by atoms with Gasteiger partial charge in [0.05, 0.1) is 0 Å². The van der Waals surface area contributed by atoms with Crippen LogP contribution in [0.3, 0.4) is 0 Å². The van der Waals surface area contributed by atoms with E-state index in [4.69, 9.17) is 5.73 Å². The molecule has 0 unspecified atom stereocenters. The van der Waals surface area contributed by atoms with E-state index in [1.165, 1.54) is 0 Å². The van der Waals surface area contributed by atoms with Crippen LogP contribution in [0.2, 0.25) is 0 Å². The van der Waals surface area contributed by atoms with Gasteiger partial charge in [-0.05, 0) is 44.4 Å². The highest BCUT2D eigenvalue weighted by Gasteiger charge is 2.56. The molecule has 1 amide bonds. The molecule has 0 aromatic rings. The molecule has 3 fully saturated rings. The molecule has 3 aliphatic carbocycles. The van der Waals surface area contributed by atoms with Crippen LogP contribution in [0.4, 0.5) is 8.78 Å². The molecular formula is C14H22F2N2O. The highest BCUT2D eigenvalue weighted by Crippen LogP contribution is 2.54. The number of carbonyl (C=O) groups is 1. The number of rotatable bonds is 2. The Bertz CT molecular complexity index is 389. The largest absolute Gasteiger partial charge is 0.351 e. The van der Waals surface area contributed by atoms with Crippen LogP contribution in [-0.2, 0) is 4.79 Å². The molecule has 3 aliphatic rings. The lowest BCUT2D eigenvalue weighted by Crippen LogP contribution is -2.52. The van der Waals surface area contributed by atoms with Crippen molar-refractivity contribution in [2.75, 3.05) is 0 Å². The molecule has 3 rings (SSSR count). The monoisotopic (exact) mass is 272 g/mol. The Morgan fingerprint density at radius 1 is 1.16 bits per heavy atom. The topological polar surface area (TPSA) is 55.1 Å². The molecule has 0 spiro atoms. The summed E-state index contributed by atoms with van der Waals surface area (Å²) >= 11 is 0. The number of hydrogen-bond acceptors (Lipinski definition) is 2. The molecule has 0 aromatic heterocycles. The molecule has 0 saturated heterocycles. The van der Waals surface area contributed by atoms with Gasteiger partial charge in [0.1, 0.15) is 0 Å². The number of amides is 1. The quantitative estimate of drug-likeness (QED) is 0.808. The number of halogens is 2. The van der Waals surface area contributed by atoms with E-state index in [0.717, 1.165) is 12.8 Å². The van der Waals surface area contributed by atoms with Crippen molar-refractivity contribution in [3.63, 3.8) is 0 Å². The van der Waals surface area contributed by atoms with Gasteiger partial charge in [-0.25, -0.2) is 8.78 Å². The third-order valence-corrected chi connectivity index (χ3v) is 5.33. The average Bonchev–Trinajstić information content (AvgIpc) is 3.04. The van der Waals surface area contributed by atoms with Gasteiger partial charge in [0.25, 0.3) is 0 Å². The minimum atomic E-state index is -2.55. The zero-order valence-corrected chi connectivity index (χ0v) is 11.3. The van der Waals surface area contributed by atoms with Crippen LogP contribution in [0.1, 0.15) is 45.4 Å². The number of carbonyl (C=O) groups excluding carboxylic acids is 1. The lowest BCUT2D eigenvalue weighted by atomic mass is 9.81. The zero-order valence-electron chi connectivity index (χ0n) is 11.3. The highest BCUT2D eigenvalue weighted by atomic mass is 19.3. The van der Waals surface area contributed by atoms with Crippen LogP contribution in [0.25, 0.3) is 0 Å². The first-order valence-corrected chi connectivity index (χ1v) is 7.25.